The van der Waals surface area contributed by atoms with Gasteiger partial charge in [0.25, 0.3) is 5.91 Å². The number of hydrogen-bond donors (Lipinski definition) is 4. The summed E-state index contributed by atoms with van der Waals surface area (Å²) in [5.74, 6) is -0.621. The molecule has 166 valence electrons. The molecule has 4 N–H and O–H groups in total. The number of methoxy groups -OCH3 is 1. The van der Waals surface area contributed by atoms with Crippen LogP contribution in [-0.4, -0.2) is 48.1 Å². The van der Waals surface area contributed by atoms with Crippen LogP contribution in [0, 0.1) is 0 Å². The van der Waals surface area contributed by atoms with Gasteiger partial charge in [0.1, 0.15) is 5.75 Å². The van der Waals surface area contributed by atoms with Gasteiger partial charge in [0.05, 0.1) is 36.5 Å². The van der Waals surface area contributed by atoms with E-state index in [-0.39, 0.29) is 29.5 Å². The zero-order valence-corrected chi connectivity index (χ0v) is 18.4. The van der Waals surface area contributed by atoms with E-state index in [1.165, 1.54) is 18.2 Å². The fourth-order valence-corrected chi connectivity index (χ4v) is 3.24. The number of carbonyl (C=O) groups excluding carboxylic acids is 3. The Balaban J connectivity index is 1.46. The van der Waals surface area contributed by atoms with Crippen molar-refractivity contribution in [2.45, 2.75) is 0 Å². The Morgan fingerprint density at radius 3 is 2.50 bits per heavy atom. The van der Waals surface area contributed by atoms with Gasteiger partial charge < -0.3 is 20.7 Å². The Bertz CT molecular complexity index is 1150. The number of anilines is 1. The molecule has 0 aliphatic rings. The maximum atomic E-state index is 12.1. The Morgan fingerprint density at radius 1 is 1.00 bits per heavy atom. The van der Waals surface area contributed by atoms with E-state index in [4.69, 9.17) is 27.9 Å². The van der Waals surface area contributed by atoms with Crippen LogP contribution in [0.2, 0.25) is 10.0 Å². The third kappa shape index (κ3) is 5.99. The molecule has 0 saturated heterocycles. The lowest BCUT2D eigenvalue weighted by Gasteiger charge is -2.08. The minimum Gasteiger partial charge on any atom is -0.496 e. The summed E-state index contributed by atoms with van der Waals surface area (Å²) in [4.78, 5) is 36.1. The Hall–Kier alpha value is -3.56. The summed E-state index contributed by atoms with van der Waals surface area (Å²) in [6.45, 7) is -0.626. The summed E-state index contributed by atoms with van der Waals surface area (Å²) in [6.07, 6.45) is 0. The molecule has 0 spiro atoms. The lowest BCUT2D eigenvalue weighted by molar-refractivity contribution is -0.123. The summed E-state index contributed by atoms with van der Waals surface area (Å²) >= 11 is 11.8. The SMILES string of the molecule is COc1ccccc1-c1cc(NC(=O)CNC(=O)CNC(=O)c2ccc(Cl)cc2Cl)n[nH]1. The molecule has 32 heavy (non-hydrogen) atoms. The Kier molecular flexibility index (Phi) is 7.69. The third-order valence-electron chi connectivity index (χ3n) is 4.27. The number of para-hydroxylation sites is 1. The second-order valence-electron chi connectivity index (χ2n) is 6.50. The minimum atomic E-state index is -0.546. The first kappa shape index (κ1) is 23.1. The van der Waals surface area contributed by atoms with Crippen molar-refractivity contribution >= 4 is 46.7 Å². The number of aromatic nitrogens is 2. The van der Waals surface area contributed by atoms with E-state index in [1.54, 1.807) is 13.2 Å². The van der Waals surface area contributed by atoms with Crippen LogP contribution >= 0.6 is 23.2 Å². The highest BCUT2D eigenvalue weighted by Gasteiger charge is 2.14. The molecule has 3 amide bonds. The molecule has 3 rings (SSSR count). The molecule has 11 heteroatoms. The van der Waals surface area contributed by atoms with Crippen LogP contribution in [0.3, 0.4) is 0 Å². The number of halogens is 2. The van der Waals surface area contributed by atoms with Gasteiger partial charge in [-0.15, -0.1) is 0 Å². The van der Waals surface area contributed by atoms with Gasteiger partial charge in [-0.1, -0.05) is 35.3 Å². The highest BCUT2D eigenvalue weighted by molar-refractivity contribution is 6.36. The molecular formula is C21H19Cl2N5O4. The third-order valence-corrected chi connectivity index (χ3v) is 4.82. The first-order valence-corrected chi connectivity index (χ1v) is 10.1. The maximum Gasteiger partial charge on any atom is 0.253 e. The first-order valence-electron chi connectivity index (χ1n) is 9.36. The van der Waals surface area contributed by atoms with Crippen LogP contribution in [0.1, 0.15) is 10.4 Å². The average molecular weight is 476 g/mol. The summed E-state index contributed by atoms with van der Waals surface area (Å²) in [6, 6.07) is 13.4. The highest BCUT2D eigenvalue weighted by Crippen LogP contribution is 2.29. The lowest BCUT2D eigenvalue weighted by Crippen LogP contribution is -2.40. The summed E-state index contributed by atoms with van der Waals surface area (Å²) in [7, 11) is 1.56. The Morgan fingerprint density at radius 2 is 1.75 bits per heavy atom. The van der Waals surface area contributed by atoms with Crippen LogP contribution in [0.4, 0.5) is 5.82 Å². The van der Waals surface area contributed by atoms with Crippen LogP contribution in [0.25, 0.3) is 11.3 Å². The molecule has 3 aromatic rings. The molecule has 0 bridgehead atoms. The van der Waals surface area contributed by atoms with Crippen molar-refractivity contribution in [3.8, 4) is 17.0 Å². The number of aromatic amines is 1. The molecule has 1 heterocycles. The number of benzene rings is 2. The molecule has 0 saturated carbocycles. The van der Waals surface area contributed by atoms with Crippen LogP contribution in [-0.2, 0) is 9.59 Å². The topological polar surface area (TPSA) is 125 Å². The van der Waals surface area contributed by atoms with Crippen molar-refractivity contribution in [3.63, 3.8) is 0 Å². The number of H-pyrrole nitrogens is 1. The van der Waals surface area contributed by atoms with Crippen LogP contribution in [0.15, 0.2) is 48.5 Å². The van der Waals surface area contributed by atoms with Crippen molar-refractivity contribution in [2.24, 2.45) is 0 Å². The molecular weight excluding hydrogens is 457 g/mol. The van der Waals surface area contributed by atoms with E-state index < -0.39 is 17.7 Å². The van der Waals surface area contributed by atoms with Gasteiger partial charge >= 0.3 is 0 Å². The van der Waals surface area contributed by atoms with Crippen LogP contribution in [0.5, 0.6) is 5.75 Å². The van der Waals surface area contributed by atoms with Crippen molar-refractivity contribution < 1.29 is 19.1 Å². The van der Waals surface area contributed by atoms with Gasteiger partial charge in [-0.3, -0.25) is 19.5 Å². The number of rotatable bonds is 8. The van der Waals surface area contributed by atoms with Gasteiger partial charge in [-0.25, -0.2) is 0 Å². The standard InChI is InChI=1S/C21H19Cl2N5O4/c1-32-17-5-3-2-4-14(17)16-9-18(28-27-16)26-20(30)11-24-19(29)10-25-21(31)13-7-6-12(22)8-15(13)23/h2-9H,10-11H2,1H3,(H,24,29)(H,25,31)(H2,26,27,28,30). The summed E-state index contributed by atoms with van der Waals surface area (Å²) in [5, 5.41) is 14.8. The lowest BCUT2D eigenvalue weighted by atomic mass is 10.1. The number of hydrogen-bond acceptors (Lipinski definition) is 5. The van der Waals surface area contributed by atoms with E-state index in [1.807, 2.05) is 24.3 Å². The van der Waals surface area contributed by atoms with E-state index in [0.717, 1.165) is 5.56 Å². The molecule has 1 aromatic heterocycles. The molecule has 2 aromatic carbocycles. The quantitative estimate of drug-likeness (QED) is 0.398. The number of amides is 3. The average Bonchev–Trinajstić information content (AvgIpc) is 3.24. The van der Waals surface area contributed by atoms with Crippen LogP contribution < -0.4 is 20.7 Å². The van der Waals surface area contributed by atoms with Crippen molar-refractivity contribution in [2.75, 3.05) is 25.5 Å². The highest BCUT2D eigenvalue weighted by atomic mass is 35.5. The normalized spacial score (nSPS) is 10.3. The predicted octanol–water partition coefficient (Wildman–Crippen LogP) is 2.88. The minimum absolute atomic E-state index is 0.168. The molecule has 0 aliphatic heterocycles. The fourth-order valence-electron chi connectivity index (χ4n) is 2.75. The first-order chi connectivity index (χ1) is 15.4. The fraction of sp³-hybridized carbons (Fsp3) is 0.143. The van der Waals surface area contributed by atoms with E-state index in [2.05, 4.69) is 26.1 Å². The molecule has 0 fully saturated rings. The Labute approximate surface area is 193 Å². The largest absolute Gasteiger partial charge is 0.496 e. The zero-order valence-electron chi connectivity index (χ0n) is 16.9. The van der Waals surface area contributed by atoms with Gasteiger partial charge in [0.2, 0.25) is 11.8 Å². The second-order valence-corrected chi connectivity index (χ2v) is 7.34. The van der Waals surface area contributed by atoms with Gasteiger partial charge in [0, 0.05) is 16.7 Å². The molecule has 0 aliphatic carbocycles. The monoisotopic (exact) mass is 475 g/mol. The predicted molar refractivity (Wildman–Crippen MR) is 121 cm³/mol. The maximum absolute atomic E-state index is 12.1. The molecule has 0 radical (unpaired) electrons. The van der Waals surface area contributed by atoms with Gasteiger partial charge in [-0.2, -0.15) is 5.10 Å². The van der Waals surface area contributed by atoms with Crippen molar-refractivity contribution in [1.82, 2.24) is 20.8 Å². The molecule has 0 atom stereocenters. The second kappa shape index (κ2) is 10.7. The van der Waals surface area contributed by atoms with Gasteiger partial charge in [-0.05, 0) is 30.3 Å². The van der Waals surface area contributed by atoms with E-state index in [0.29, 0.717) is 16.5 Å². The molecule has 9 nitrogen and oxygen atoms in total. The van der Waals surface area contributed by atoms with E-state index in [9.17, 15) is 14.4 Å². The number of nitrogens with one attached hydrogen (secondary N) is 4. The number of carbonyl (C=O) groups is 3. The van der Waals surface area contributed by atoms with Crippen molar-refractivity contribution in [1.29, 1.82) is 0 Å². The summed E-state index contributed by atoms with van der Waals surface area (Å²) in [5.41, 5.74) is 1.63. The zero-order chi connectivity index (χ0) is 23.1. The van der Waals surface area contributed by atoms with E-state index >= 15 is 0 Å². The number of nitrogens with zero attached hydrogens (tertiary/aromatic N) is 1. The van der Waals surface area contributed by atoms with Gasteiger partial charge in [0.15, 0.2) is 5.82 Å². The van der Waals surface area contributed by atoms with Crippen molar-refractivity contribution in [3.05, 3.63) is 64.1 Å². The smallest absolute Gasteiger partial charge is 0.253 e. The summed E-state index contributed by atoms with van der Waals surface area (Å²) < 4.78 is 5.31. The molecule has 0 unspecified atom stereocenters. The number of ether oxygens (including phenoxy) is 1.